The molecule has 1 aliphatic carbocycles. The third kappa shape index (κ3) is 8.11. The smallest absolute Gasteiger partial charge is 0.255 e. The van der Waals surface area contributed by atoms with Gasteiger partial charge in [-0.1, -0.05) is 24.1 Å². The average Bonchev–Trinajstić information content (AvgIpc) is 3.58. The summed E-state index contributed by atoms with van der Waals surface area (Å²) in [4.78, 5) is 72.8. The number of fused-ring (bicyclic) bond motifs is 2. The molecule has 64 heavy (non-hydrogen) atoms. The largest absolute Gasteiger partial charge is 0.383 e. The number of hydrogen-bond acceptors (Lipinski definition) is 13. The number of unbranched alkanes of at least 4 members (excludes halogenated alkanes) is 3. The number of nitrogens with two attached hydrogens (primary N) is 1. The van der Waals surface area contributed by atoms with E-state index in [9.17, 15) is 19.2 Å². The van der Waals surface area contributed by atoms with Crippen LogP contribution in [0.25, 0.3) is 33.7 Å². The Labute approximate surface area is 371 Å². The maximum absolute atomic E-state index is 13.3. The Balaban J connectivity index is 0.658. The minimum absolute atomic E-state index is 0.0529. The molecule has 1 atom stereocenters. The number of amides is 4. The summed E-state index contributed by atoms with van der Waals surface area (Å²) >= 11 is 0. The summed E-state index contributed by atoms with van der Waals surface area (Å²) in [5.74, 6) is 0.926. The van der Waals surface area contributed by atoms with Crippen LogP contribution in [0, 0.1) is 0 Å². The minimum atomic E-state index is -0.602. The summed E-state index contributed by atoms with van der Waals surface area (Å²) in [5, 5.41) is 12.5. The lowest BCUT2D eigenvalue weighted by Crippen LogP contribution is -2.52. The summed E-state index contributed by atoms with van der Waals surface area (Å²) < 4.78 is 10.0. The monoisotopic (exact) mass is 871 g/mol. The van der Waals surface area contributed by atoms with Crippen molar-refractivity contribution < 1.29 is 23.7 Å². The Morgan fingerprint density at radius 3 is 2.48 bits per heavy atom. The first-order chi connectivity index (χ1) is 31.1. The summed E-state index contributed by atoms with van der Waals surface area (Å²) in [5.41, 5.74) is 12.5. The lowest BCUT2D eigenvalue weighted by Gasteiger charge is -2.36. The summed E-state index contributed by atoms with van der Waals surface area (Å²) in [6, 6.07) is 5.74. The van der Waals surface area contributed by atoms with Gasteiger partial charge in [0.2, 0.25) is 17.7 Å². The third-order valence-corrected chi connectivity index (χ3v) is 13.9. The molecule has 0 spiro atoms. The van der Waals surface area contributed by atoms with Gasteiger partial charge in [-0.25, -0.2) is 19.6 Å². The number of anilines is 2. The van der Waals surface area contributed by atoms with E-state index in [1.165, 1.54) is 6.33 Å². The molecule has 1 unspecified atom stereocenters. The SMILES string of the molecule is CC(C)n1nc(-c2noc(C3CC3)c2-c2cn(C3CCN(C(=O)CCCCCCN4CCN(c5ccc6c(c5)C(=O)N(C5CCC(=O)NC5=O)C6)CC4)CC3)cn2)c2c(N)ncnc21. The van der Waals surface area contributed by atoms with Crippen molar-refractivity contribution in [1.29, 1.82) is 0 Å². The quantitative estimate of drug-likeness (QED) is 0.110. The van der Waals surface area contributed by atoms with Gasteiger partial charge in [-0.05, 0) is 83.0 Å². The van der Waals surface area contributed by atoms with Crippen molar-refractivity contribution in [3.8, 4) is 22.6 Å². The molecule has 3 saturated heterocycles. The summed E-state index contributed by atoms with van der Waals surface area (Å²) in [6.45, 7) is 10.7. The predicted molar refractivity (Wildman–Crippen MR) is 238 cm³/mol. The number of imide groups is 1. The highest BCUT2D eigenvalue weighted by Gasteiger charge is 2.40. The van der Waals surface area contributed by atoms with Gasteiger partial charge in [0.1, 0.15) is 35.3 Å². The first-order valence-corrected chi connectivity index (χ1v) is 23.2. The van der Waals surface area contributed by atoms with Crippen molar-refractivity contribution in [2.75, 3.05) is 56.4 Å². The van der Waals surface area contributed by atoms with Crippen LogP contribution in [0.2, 0.25) is 0 Å². The Hall–Kier alpha value is -6.17. The topological polar surface area (TPSA) is 207 Å². The zero-order valence-corrected chi connectivity index (χ0v) is 36.7. The number of nitrogen functional groups attached to an aromatic ring is 1. The second-order valence-electron chi connectivity index (χ2n) is 18.4. The van der Waals surface area contributed by atoms with Crippen LogP contribution in [-0.4, -0.2) is 125 Å². The molecular formula is C46H57N13O5. The maximum atomic E-state index is 13.3. The van der Waals surface area contributed by atoms with Crippen LogP contribution in [0.5, 0.6) is 0 Å². The molecule has 4 fully saturated rings. The molecule has 5 aliphatic rings. The van der Waals surface area contributed by atoms with Gasteiger partial charge in [0.15, 0.2) is 5.65 Å². The van der Waals surface area contributed by atoms with Crippen LogP contribution in [0.15, 0.2) is 41.6 Å². The van der Waals surface area contributed by atoms with Crippen molar-refractivity contribution in [1.82, 2.24) is 54.5 Å². The van der Waals surface area contributed by atoms with E-state index in [0.29, 0.717) is 59.1 Å². The van der Waals surface area contributed by atoms with E-state index in [4.69, 9.17) is 20.3 Å². The molecule has 4 aromatic heterocycles. The molecule has 18 heteroatoms. The number of hydrogen-bond donors (Lipinski definition) is 2. The van der Waals surface area contributed by atoms with Gasteiger partial charge < -0.3 is 29.5 Å². The minimum Gasteiger partial charge on any atom is -0.383 e. The van der Waals surface area contributed by atoms with Gasteiger partial charge >= 0.3 is 0 Å². The number of imidazole rings is 1. The zero-order chi connectivity index (χ0) is 44.1. The van der Waals surface area contributed by atoms with Crippen molar-refractivity contribution >= 4 is 46.2 Å². The summed E-state index contributed by atoms with van der Waals surface area (Å²) in [6.07, 6.45) is 14.6. The number of nitrogens with one attached hydrogen (secondary N) is 1. The molecule has 4 aliphatic heterocycles. The number of likely N-dealkylation sites (tertiary alicyclic amines) is 1. The Morgan fingerprint density at radius 2 is 1.72 bits per heavy atom. The van der Waals surface area contributed by atoms with Gasteiger partial charge in [-0.15, -0.1) is 0 Å². The van der Waals surface area contributed by atoms with E-state index in [1.54, 1.807) is 4.90 Å². The number of carbonyl (C=O) groups excluding carboxylic acids is 4. The molecule has 1 saturated carbocycles. The molecule has 4 amide bonds. The molecule has 1 aromatic carbocycles. The molecular weight excluding hydrogens is 815 g/mol. The predicted octanol–water partition coefficient (Wildman–Crippen LogP) is 5.08. The van der Waals surface area contributed by atoms with Crippen LogP contribution in [0.3, 0.4) is 0 Å². The van der Waals surface area contributed by atoms with Crippen molar-refractivity contribution in [3.05, 3.63) is 53.9 Å². The number of nitrogens with zero attached hydrogens (tertiary/aromatic N) is 11. The normalized spacial score (nSPS) is 20.0. The number of piperidine rings is 2. The fourth-order valence-corrected chi connectivity index (χ4v) is 10.0. The molecule has 336 valence electrons. The zero-order valence-electron chi connectivity index (χ0n) is 36.7. The van der Waals surface area contributed by atoms with Crippen LogP contribution in [-0.2, 0) is 20.9 Å². The third-order valence-electron chi connectivity index (χ3n) is 13.9. The van der Waals surface area contributed by atoms with Gasteiger partial charge in [-0.3, -0.25) is 29.4 Å². The van der Waals surface area contributed by atoms with E-state index in [0.717, 1.165) is 125 Å². The van der Waals surface area contributed by atoms with Gasteiger partial charge in [0, 0.05) is 94.1 Å². The molecule has 0 bridgehead atoms. The van der Waals surface area contributed by atoms with Crippen molar-refractivity contribution in [2.45, 2.75) is 115 Å². The van der Waals surface area contributed by atoms with E-state index in [1.807, 2.05) is 28.0 Å². The second kappa shape index (κ2) is 17.4. The van der Waals surface area contributed by atoms with Crippen molar-refractivity contribution in [2.24, 2.45) is 0 Å². The highest BCUT2D eigenvalue weighted by atomic mass is 16.5. The van der Waals surface area contributed by atoms with E-state index < -0.39 is 6.04 Å². The maximum Gasteiger partial charge on any atom is 0.255 e. The second-order valence-corrected chi connectivity index (χ2v) is 18.4. The van der Waals surface area contributed by atoms with Crippen LogP contribution in [0.1, 0.15) is 124 Å². The Bertz CT molecular complexity index is 2580. The van der Waals surface area contributed by atoms with Crippen LogP contribution in [0.4, 0.5) is 11.5 Å². The number of benzene rings is 1. The van der Waals surface area contributed by atoms with Gasteiger partial charge in [0.25, 0.3) is 5.91 Å². The van der Waals surface area contributed by atoms with Crippen LogP contribution < -0.4 is 16.0 Å². The number of piperazine rings is 1. The number of aromatic nitrogens is 7. The Kier molecular flexibility index (Phi) is 11.4. The molecule has 3 N–H and O–H groups in total. The van der Waals surface area contributed by atoms with E-state index in [2.05, 4.69) is 60.9 Å². The number of rotatable bonds is 14. The highest BCUT2D eigenvalue weighted by Crippen LogP contribution is 2.48. The average molecular weight is 872 g/mol. The molecule has 8 heterocycles. The van der Waals surface area contributed by atoms with E-state index >= 15 is 0 Å². The van der Waals surface area contributed by atoms with Crippen LogP contribution >= 0.6 is 0 Å². The van der Waals surface area contributed by atoms with E-state index in [-0.39, 0.29) is 42.1 Å². The first kappa shape index (κ1) is 41.8. The first-order valence-electron chi connectivity index (χ1n) is 23.2. The highest BCUT2D eigenvalue weighted by molar-refractivity contribution is 6.06. The number of carbonyl (C=O) groups is 4. The standard InChI is InChI=1S/C46H57N13O5/c1-28(2)59-44-39(43(47)48-26-49-44)40(52-59)41-38(42(64-53-41)29-8-9-29)34-25-57(27-50-34)31-14-17-56(18-15-31)37(61)7-5-3-4-6-16-54-19-21-55(22-20-54)32-11-10-30-24-58(46(63)33(30)23-32)35-12-13-36(60)51-45(35)62/h10-11,23,25-29,31,35H,3-9,12-22,24H2,1-2H3,(H2,47,48,49)(H,51,60,62). The van der Waals surface area contributed by atoms with Gasteiger partial charge in [-0.2, -0.15) is 5.10 Å². The fourth-order valence-electron chi connectivity index (χ4n) is 10.0. The van der Waals surface area contributed by atoms with Gasteiger partial charge in [0.05, 0.1) is 23.0 Å². The lowest BCUT2D eigenvalue weighted by molar-refractivity contribution is -0.137. The lowest BCUT2D eigenvalue weighted by atomic mass is 10.0. The molecule has 18 nitrogen and oxygen atoms in total. The van der Waals surface area contributed by atoms with Crippen molar-refractivity contribution in [3.63, 3.8) is 0 Å². The molecule has 0 radical (unpaired) electrons. The fraction of sp³-hybridized carbons (Fsp3) is 0.543. The Morgan fingerprint density at radius 1 is 0.922 bits per heavy atom. The molecule has 5 aromatic rings. The molecule has 10 rings (SSSR count). The summed E-state index contributed by atoms with van der Waals surface area (Å²) in [7, 11) is 0.